The van der Waals surface area contributed by atoms with Crippen molar-refractivity contribution in [1.82, 2.24) is 4.98 Å². The predicted molar refractivity (Wildman–Crippen MR) is 93.5 cm³/mol. The quantitative estimate of drug-likeness (QED) is 0.314. The molecule has 0 aliphatic heterocycles. The van der Waals surface area contributed by atoms with Crippen LogP contribution in [-0.4, -0.2) is 22.7 Å². The van der Waals surface area contributed by atoms with E-state index in [0.717, 1.165) is 0 Å². The van der Waals surface area contributed by atoms with Crippen LogP contribution in [0.3, 0.4) is 0 Å². The molecule has 0 aliphatic carbocycles. The van der Waals surface area contributed by atoms with Gasteiger partial charge in [0.15, 0.2) is 0 Å². The summed E-state index contributed by atoms with van der Waals surface area (Å²) < 4.78 is 15.7. The monoisotopic (exact) mass is 355 g/mol. The molecule has 0 amide bonds. The molecule has 26 heavy (non-hydrogen) atoms. The van der Waals surface area contributed by atoms with Crippen LogP contribution in [-0.2, 0) is 11.2 Å². The molecule has 3 aromatic rings. The van der Waals surface area contributed by atoms with Crippen LogP contribution in [0.25, 0.3) is 11.0 Å². The zero-order valence-electron chi connectivity index (χ0n) is 14.1. The lowest BCUT2D eigenvalue weighted by atomic mass is 10.1. The smallest absolute Gasteiger partial charge is 0.343 e. The second-order valence-electron chi connectivity index (χ2n) is 5.59. The van der Waals surface area contributed by atoms with Gasteiger partial charge in [-0.2, -0.15) is 0 Å². The topological polar surface area (TPSA) is 98.9 Å². The van der Waals surface area contributed by atoms with Crippen molar-refractivity contribution in [3.05, 3.63) is 58.6 Å². The minimum Gasteiger partial charge on any atom is -0.507 e. The molecule has 7 heteroatoms. The third kappa shape index (κ3) is 4.00. The minimum atomic E-state index is -0.632. The van der Waals surface area contributed by atoms with Gasteiger partial charge in [-0.25, -0.2) is 9.78 Å². The van der Waals surface area contributed by atoms with E-state index in [0.29, 0.717) is 30.7 Å². The van der Waals surface area contributed by atoms with E-state index >= 15 is 0 Å². The lowest BCUT2D eigenvalue weighted by Gasteiger charge is -2.08. The average molecular weight is 355 g/mol. The van der Waals surface area contributed by atoms with Gasteiger partial charge in [-0.3, -0.25) is 4.79 Å². The number of carbonyl (C=O) groups excluding carboxylic acids is 1. The standard InChI is InChI=1S/C19H17NO6/c1-12(21)25-13-7-8-14-16(11-13)26-19(23)15(18(14)22)5-4-10-24-17-6-2-3-9-20-17/h2-3,6-9,11,22H,4-5,10H2,1H3. The van der Waals surface area contributed by atoms with Crippen molar-refractivity contribution in [2.75, 3.05) is 6.61 Å². The Balaban J connectivity index is 1.74. The Morgan fingerprint density at radius 2 is 2.12 bits per heavy atom. The molecule has 2 aromatic heterocycles. The summed E-state index contributed by atoms with van der Waals surface area (Å²) in [7, 11) is 0. The fourth-order valence-corrected chi connectivity index (χ4v) is 2.51. The summed E-state index contributed by atoms with van der Waals surface area (Å²) in [4.78, 5) is 27.2. The maximum absolute atomic E-state index is 12.2. The number of benzene rings is 1. The van der Waals surface area contributed by atoms with Crippen molar-refractivity contribution in [1.29, 1.82) is 0 Å². The Bertz CT molecular complexity index is 980. The van der Waals surface area contributed by atoms with Crippen LogP contribution in [0.4, 0.5) is 0 Å². The van der Waals surface area contributed by atoms with Crippen molar-refractivity contribution in [2.45, 2.75) is 19.8 Å². The fourth-order valence-electron chi connectivity index (χ4n) is 2.51. The first-order chi connectivity index (χ1) is 12.5. The first-order valence-corrected chi connectivity index (χ1v) is 8.05. The Morgan fingerprint density at radius 1 is 1.27 bits per heavy atom. The number of rotatable bonds is 6. The van der Waals surface area contributed by atoms with Gasteiger partial charge in [-0.15, -0.1) is 0 Å². The van der Waals surface area contributed by atoms with Gasteiger partial charge in [0.05, 0.1) is 17.6 Å². The maximum Gasteiger partial charge on any atom is 0.343 e. The van der Waals surface area contributed by atoms with E-state index in [2.05, 4.69) is 4.98 Å². The maximum atomic E-state index is 12.2. The SMILES string of the molecule is CC(=O)Oc1ccc2c(O)c(CCCOc3ccccn3)c(=O)oc2c1. The molecule has 0 aliphatic rings. The van der Waals surface area contributed by atoms with Crippen molar-refractivity contribution >= 4 is 16.9 Å². The van der Waals surface area contributed by atoms with E-state index in [1.807, 2.05) is 6.07 Å². The highest BCUT2D eigenvalue weighted by atomic mass is 16.5. The first-order valence-electron chi connectivity index (χ1n) is 8.05. The van der Waals surface area contributed by atoms with Gasteiger partial charge in [-0.05, 0) is 31.0 Å². The molecule has 1 N–H and O–H groups in total. The molecule has 0 saturated carbocycles. The van der Waals surface area contributed by atoms with Crippen LogP contribution in [0.2, 0.25) is 0 Å². The van der Waals surface area contributed by atoms with Gasteiger partial charge in [0.25, 0.3) is 0 Å². The summed E-state index contributed by atoms with van der Waals surface area (Å²) in [6.45, 7) is 1.62. The number of pyridine rings is 1. The summed E-state index contributed by atoms with van der Waals surface area (Å²) >= 11 is 0. The van der Waals surface area contributed by atoms with Gasteiger partial charge in [0.2, 0.25) is 5.88 Å². The summed E-state index contributed by atoms with van der Waals surface area (Å²) in [5, 5.41) is 10.8. The number of esters is 1. The third-order valence-corrected chi connectivity index (χ3v) is 3.66. The number of fused-ring (bicyclic) bond motifs is 1. The fraction of sp³-hybridized carbons (Fsp3) is 0.211. The molecule has 0 saturated heterocycles. The van der Waals surface area contributed by atoms with Gasteiger partial charge in [-0.1, -0.05) is 6.07 Å². The second-order valence-corrected chi connectivity index (χ2v) is 5.59. The molecule has 0 atom stereocenters. The molecule has 0 bridgehead atoms. The van der Waals surface area contributed by atoms with Crippen LogP contribution in [0, 0.1) is 0 Å². The number of hydrogen-bond donors (Lipinski definition) is 1. The van der Waals surface area contributed by atoms with Crippen LogP contribution in [0.15, 0.2) is 51.8 Å². The summed E-state index contributed by atoms with van der Waals surface area (Å²) in [6.07, 6.45) is 2.43. The number of ether oxygens (including phenoxy) is 2. The van der Waals surface area contributed by atoms with Crippen molar-refractivity contribution in [3.8, 4) is 17.4 Å². The van der Waals surface area contributed by atoms with Crippen molar-refractivity contribution in [3.63, 3.8) is 0 Å². The molecule has 134 valence electrons. The average Bonchev–Trinajstić information content (AvgIpc) is 2.61. The molecule has 3 rings (SSSR count). The second kappa shape index (κ2) is 7.69. The number of aromatic nitrogens is 1. The number of hydrogen-bond acceptors (Lipinski definition) is 7. The molecule has 7 nitrogen and oxygen atoms in total. The molecule has 0 fully saturated rings. The Hall–Kier alpha value is -3.35. The Kier molecular flexibility index (Phi) is 5.17. The molecule has 0 unspecified atom stereocenters. The summed E-state index contributed by atoms with van der Waals surface area (Å²) in [5.74, 6) is 0.119. The van der Waals surface area contributed by atoms with Gasteiger partial charge in [0.1, 0.15) is 17.1 Å². The molecule has 1 aromatic carbocycles. The van der Waals surface area contributed by atoms with Crippen molar-refractivity contribution < 1.29 is 23.8 Å². The van der Waals surface area contributed by atoms with Crippen LogP contribution >= 0.6 is 0 Å². The largest absolute Gasteiger partial charge is 0.507 e. The zero-order chi connectivity index (χ0) is 18.5. The van der Waals surface area contributed by atoms with E-state index in [-0.39, 0.29) is 22.6 Å². The van der Waals surface area contributed by atoms with E-state index in [4.69, 9.17) is 13.9 Å². The summed E-state index contributed by atoms with van der Waals surface area (Å²) in [5.41, 5.74) is -0.296. The van der Waals surface area contributed by atoms with E-state index in [1.54, 1.807) is 24.4 Å². The molecule has 2 heterocycles. The molecular formula is C19H17NO6. The normalized spacial score (nSPS) is 10.7. The summed E-state index contributed by atoms with van der Waals surface area (Å²) in [6, 6.07) is 9.81. The number of nitrogens with zero attached hydrogens (tertiary/aromatic N) is 1. The number of carbonyl (C=O) groups is 1. The van der Waals surface area contributed by atoms with Crippen LogP contribution in [0.5, 0.6) is 17.4 Å². The van der Waals surface area contributed by atoms with Gasteiger partial charge >= 0.3 is 11.6 Å². The Morgan fingerprint density at radius 3 is 2.85 bits per heavy atom. The Labute approximate surface area is 148 Å². The lowest BCUT2D eigenvalue weighted by molar-refractivity contribution is -0.131. The predicted octanol–water partition coefficient (Wildman–Crippen LogP) is 2.83. The molecular weight excluding hydrogens is 338 g/mol. The van der Waals surface area contributed by atoms with Gasteiger partial charge in [0, 0.05) is 25.3 Å². The molecule has 0 spiro atoms. The lowest BCUT2D eigenvalue weighted by Crippen LogP contribution is -2.10. The van der Waals surface area contributed by atoms with Crippen molar-refractivity contribution in [2.24, 2.45) is 0 Å². The van der Waals surface area contributed by atoms with E-state index in [9.17, 15) is 14.7 Å². The van der Waals surface area contributed by atoms with E-state index in [1.165, 1.54) is 19.1 Å². The van der Waals surface area contributed by atoms with Gasteiger partial charge < -0.3 is 19.0 Å². The molecule has 0 radical (unpaired) electrons. The number of aromatic hydroxyl groups is 1. The van der Waals surface area contributed by atoms with Crippen LogP contribution < -0.4 is 15.1 Å². The minimum absolute atomic E-state index is 0.136. The first kappa shape index (κ1) is 17.5. The van der Waals surface area contributed by atoms with E-state index < -0.39 is 11.6 Å². The highest BCUT2D eigenvalue weighted by molar-refractivity contribution is 5.85. The highest BCUT2D eigenvalue weighted by Gasteiger charge is 2.15. The third-order valence-electron chi connectivity index (χ3n) is 3.66. The van der Waals surface area contributed by atoms with Crippen LogP contribution in [0.1, 0.15) is 18.9 Å². The highest BCUT2D eigenvalue weighted by Crippen LogP contribution is 2.29. The zero-order valence-corrected chi connectivity index (χ0v) is 14.1.